The number of hydrogen-bond acceptors (Lipinski definition) is 3. The van der Waals surface area contributed by atoms with Crippen molar-refractivity contribution in [2.75, 3.05) is 6.61 Å². The second-order valence-electron chi connectivity index (χ2n) is 6.03. The lowest BCUT2D eigenvalue weighted by Gasteiger charge is -2.36. The van der Waals surface area contributed by atoms with Gasteiger partial charge in [-0.3, -0.25) is 9.59 Å². The molecule has 1 heterocycles. The number of fused-ring (bicyclic) bond motifs is 1. The summed E-state index contributed by atoms with van der Waals surface area (Å²) in [7, 11) is 0. The average molecular weight is 288 g/mol. The van der Waals surface area contributed by atoms with Crippen molar-refractivity contribution < 1.29 is 19.4 Å². The van der Waals surface area contributed by atoms with Gasteiger partial charge in [0, 0.05) is 12.8 Å². The molecule has 0 aromatic heterocycles. The first-order chi connectivity index (χ1) is 10.1. The molecule has 1 N–H and O–H groups in total. The van der Waals surface area contributed by atoms with E-state index in [1.807, 2.05) is 18.2 Å². The third kappa shape index (κ3) is 2.48. The first-order valence-electron chi connectivity index (χ1n) is 7.59. The van der Waals surface area contributed by atoms with E-state index in [1.165, 1.54) is 5.56 Å². The minimum Gasteiger partial charge on any atom is -0.480 e. The van der Waals surface area contributed by atoms with Gasteiger partial charge in [-0.05, 0) is 30.4 Å². The SMILES string of the molecule is O=C(O)C1(CC2OCCc3ccccc32)CCCCC1=O. The van der Waals surface area contributed by atoms with E-state index in [9.17, 15) is 14.7 Å². The number of carboxylic acids is 1. The Bertz CT molecular complexity index is 566. The molecule has 4 nitrogen and oxygen atoms in total. The Kier molecular flexibility index (Phi) is 3.81. The molecule has 21 heavy (non-hydrogen) atoms. The van der Waals surface area contributed by atoms with Gasteiger partial charge in [-0.15, -0.1) is 0 Å². The molecule has 0 bridgehead atoms. The molecule has 0 radical (unpaired) electrons. The standard InChI is InChI=1S/C17H20O4/c18-15-7-3-4-9-17(15,16(19)20)11-14-13-6-2-1-5-12(13)8-10-21-14/h1-2,5-6,14H,3-4,7-11H2,(H,19,20). The molecule has 0 saturated heterocycles. The molecule has 1 aliphatic carbocycles. The van der Waals surface area contributed by atoms with Gasteiger partial charge in [-0.1, -0.05) is 30.7 Å². The summed E-state index contributed by atoms with van der Waals surface area (Å²) in [5.74, 6) is -1.12. The second kappa shape index (κ2) is 5.60. The maximum Gasteiger partial charge on any atom is 0.317 e. The van der Waals surface area contributed by atoms with E-state index in [0.29, 0.717) is 19.4 Å². The summed E-state index contributed by atoms with van der Waals surface area (Å²) in [5.41, 5.74) is 0.994. The van der Waals surface area contributed by atoms with Crippen LogP contribution in [0.2, 0.25) is 0 Å². The molecule has 0 amide bonds. The van der Waals surface area contributed by atoms with E-state index < -0.39 is 11.4 Å². The van der Waals surface area contributed by atoms with E-state index >= 15 is 0 Å². The zero-order valence-corrected chi connectivity index (χ0v) is 12.0. The molecule has 1 aromatic carbocycles. The number of carbonyl (C=O) groups excluding carboxylic acids is 1. The van der Waals surface area contributed by atoms with Gasteiger partial charge >= 0.3 is 5.97 Å². The predicted octanol–water partition coefficient (Wildman–Crippen LogP) is 2.90. The minimum atomic E-state index is -1.26. The number of ether oxygens (including phenoxy) is 1. The highest BCUT2D eigenvalue weighted by atomic mass is 16.5. The Morgan fingerprint density at radius 3 is 2.86 bits per heavy atom. The number of rotatable bonds is 3. The number of carboxylic acid groups (broad SMARTS) is 1. The normalized spacial score (nSPS) is 29.0. The fraction of sp³-hybridized carbons (Fsp3) is 0.529. The lowest BCUT2D eigenvalue weighted by atomic mass is 9.68. The molecule has 2 aliphatic rings. The maximum absolute atomic E-state index is 12.3. The Labute approximate surface area is 124 Å². The van der Waals surface area contributed by atoms with Crippen LogP contribution in [-0.4, -0.2) is 23.5 Å². The highest BCUT2D eigenvalue weighted by Gasteiger charge is 2.49. The van der Waals surface area contributed by atoms with Crippen molar-refractivity contribution in [2.24, 2.45) is 5.41 Å². The van der Waals surface area contributed by atoms with Crippen LogP contribution in [0.5, 0.6) is 0 Å². The van der Waals surface area contributed by atoms with Crippen LogP contribution >= 0.6 is 0 Å². The number of benzene rings is 1. The van der Waals surface area contributed by atoms with Gasteiger partial charge in [0.05, 0.1) is 12.7 Å². The highest BCUT2D eigenvalue weighted by molar-refractivity contribution is 6.03. The van der Waals surface area contributed by atoms with Crippen LogP contribution in [0.4, 0.5) is 0 Å². The summed E-state index contributed by atoms with van der Waals surface area (Å²) in [4.78, 5) is 24.1. The van der Waals surface area contributed by atoms with Crippen LogP contribution in [0.3, 0.4) is 0 Å². The number of aliphatic carboxylic acids is 1. The number of hydrogen-bond donors (Lipinski definition) is 1. The van der Waals surface area contributed by atoms with Crippen LogP contribution in [0, 0.1) is 5.41 Å². The van der Waals surface area contributed by atoms with Crippen molar-refractivity contribution in [3.05, 3.63) is 35.4 Å². The summed E-state index contributed by atoms with van der Waals surface area (Å²) in [5, 5.41) is 9.66. The second-order valence-corrected chi connectivity index (χ2v) is 6.03. The van der Waals surface area contributed by atoms with Crippen LogP contribution in [0.25, 0.3) is 0 Å². The fourth-order valence-corrected chi connectivity index (χ4v) is 3.58. The molecule has 112 valence electrons. The number of ketones is 1. The van der Waals surface area contributed by atoms with Gasteiger partial charge in [0.25, 0.3) is 0 Å². The van der Waals surface area contributed by atoms with Gasteiger partial charge in [-0.2, -0.15) is 0 Å². The molecule has 1 saturated carbocycles. The van der Waals surface area contributed by atoms with Crippen molar-refractivity contribution >= 4 is 11.8 Å². The molecule has 1 aromatic rings. The van der Waals surface area contributed by atoms with Crippen LogP contribution in [-0.2, 0) is 20.7 Å². The van der Waals surface area contributed by atoms with Crippen molar-refractivity contribution in [3.63, 3.8) is 0 Å². The quantitative estimate of drug-likeness (QED) is 0.869. The third-order valence-corrected chi connectivity index (χ3v) is 4.83. The summed E-state index contributed by atoms with van der Waals surface area (Å²) in [6.45, 7) is 0.589. The smallest absolute Gasteiger partial charge is 0.317 e. The van der Waals surface area contributed by atoms with Gasteiger partial charge in [0.2, 0.25) is 0 Å². The molecule has 3 rings (SSSR count). The molecule has 2 atom stereocenters. The molecule has 4 heteroatoms. The van der Waals surface area contributed by atoms with E-state index in [4.69, 9.17) is 4.74 Å². The van der Waals surface area contributed by atoms with Gasteiger partial charge in [0.1, 0.15) is 11.2 Å². The minimum absolute atomic E-state index is 0.132. The lowest BCUT2D eigenvalue weighted by Crippen LogP contribution is -2.43. The summed E-state index contributed by atoms with van der Waals surface area (Å²) >= 11 is 0. The van der Waals surface area contributed by atoms with E-state index in [0.717, 1.165) is 24.8 Å². The first-order valence-corrected chi connectivity index (χ1v) is 7.59. The fourth-order valence-electron chi connectivity index (χ4n) is 3.58. The van der Waals surface area contributed by atoms with Crippen molar-refractivity contribution in [1.82, 2.24) is 0 Å². The van der Waals surface area contributed by atoms with Crippen molar-refractivity contribution in [3.8, 4) is 0 Å². The molecule has 0 spiro atoms. The maximum atomic E-state index is 12.3. The van der Waals surface area contributed by atoms with Gasteiger partial charge < -0.3 is 9.84 Å². The van der Waals surface area contributed by atoms with E-state index in [1.54, 1.807) is 0 Å². The zero-order chi connectivity index (χ0) is 14.9. The van der Waals surface area contributed by atoms with Gasteiger partial charge in [-0.25, -0.2) is 0 Å². The first kappa shape index (κ1) is 14.3. The molecule has 1 fully saturated rings. The molecular weight excluding hydrogens is 268 g/mol. The predicted molar refractivity (Wildman–Crippen MR) is 77.0 cm³/mol. The topological polar surface area (TPSA) is 63.6 Å². The van der Waals surface area contributed by atoms with Crippen LogP contribution < -0.4 is 0 Å². The van der Waals surface area contributed by atoms with E-state index in [-0.39, 0.29) is 18.3 Å². The number of carbonyl (C=O) groups is 2. The third-order valence-electron chi connectivity index (χ3n) is 4.83. The summed E-state index contributed by atoms with van der Waals surface area (Å²) < 4.78 is 5.82. The van der Waals surface area contributed by atoms with Gasteiger partial charge in [0.15, 0.2) is 0 Å². The van der Waals surface area contributed by atoms with Crippen molar-refractivity contribution in [2.45, 2.75) is 44.6 Å². The molecule has 2 unspecified atom stereocenters. The average Bonchev–Trinajstić information content (AvgIpc) is 2.50. The number of Topliss-reactive ketones (excluding diaryl/α,β-unsaturated/α-hetero) is 1. The van der Waals surface area contributed by atoms with Crippen LogP contribution in [0.1, 0.15) is 49.3 Å². The van der Waals surface area contributed by atoms with E-state index in [2.05, 4.69) is 6.07 Å². The molecular formula is C17H20O4. The Morgan fingerprint density at radius 1 is 1.29 bits per heavy atom. The summed E-state index contributed by atoms with van der Waals surface area (Å²) in [6.07, 6.45) is 3.23. The Balaban J connectivity index is 1.91. The summed E-state index contributed by atoms with van der Waals surface area (Å²) in [6, 6.07) is 7.97. The largest absolute Gasteiger partial charge is 0.480 e. The van der Waals surface area contributed by atoms with Crippen molar-refractivity contribution in [1.29, 1.82) is 0 Å². The molecule has 1 aliphatic heterocycles. The Hall–Kier alpha value is -1.68. The Morgan fingerprint density at radius 2 is 2.10 bits per heavy atom. The highest BCUT2D eigenvalue weighted by Crippen LogP contribution is 2.43. The lowest BCUT2D eigenvalue weighted by molar-refractivity contribution is -0.160. The zero-order valence-electron chi connectivity index (χ0n) is 12.0. The van der Waals surface area contributed by atoms with Crippen LogP contribution in [0.15, 0.2) is 24.3 Å². The monoisotopic (exact) mass is 288 g/mol.